The zero-order valence-electron chi connectivity index (χ0n) is 8.20. The molecule has 0 bridgehead atoms. The van der Waals surface area contributed by atoms with Crippen LogP contribution in [-0.2, 0) is 0 Å². The van der Waals surface area contributed by atoms with Crippen LogP contribution in [0.5, 0.6) is 0 Å². The van der Waals surface area contributed by atoms with Crippen molar-refractivity contribution in [2.24, 2.45) is 0 Å². The maximum absolute atomic E-state index is 6.07. The summed E-state index contributed by atoms with van der Waals surface area (Å²) >= 11 is 0. The molecule has 3 rings (SSSR count). The Balaban J connectivity index is 0.000000853. The molecule has 1 aliphatic rings. The second kappa shape index (κ2) is 4.20. The fraction of sp³-hybridized carbons (Fsp3) is 0. The normalized spacial score (nSPS) is 11.6. The van der Waals surface area contributed by atoms with Gasteiger partial charge in [0.15, 0.2) is 0 Å². The molecule has 0 saturated heterocycles. The first-order valence-corrected chi connectivity index (χ1v) is 4.69. The van der Waals surface area contributed by atoms with Gasteiger partial charge in [0.05, 0.1) is 0 Å². The summed E-state index contributed by atoms with van der Waals surface area (Å²) in [5, 5.41) is 0. The van der Waals surface area contributed by atoms with Crippen LogP contribution in [0.2, 0.25) is 0 Å². The second-order valence-corrected chi connectivity index (χ2v) is 3.50. The molecule has 0 N–H and O–H groups in total. The minimum Gasteiger partial charge on any atom is -0.218 e. The molecule has 0 unspecified atom stereocenters. The van der Waals surface area contributed by atoms with E-state index >= 15 is 0 Å². The summed E-state index contributed by atoms with van der Waals surface area (Å²) in [5.41, 5.74) is 5.72. The van der Waals surface area contributed by atoms with E-state index in [9.17, 15) is 0 Å². The largest absolute Gasteiger partial charge is 0.218 e. The Morgan fingerprint density at radius 1 is 0.600 bits per heavy atom. The van der Waals surface area contributed by atoms with Gasteiger partial charge in [0.1, 0.15) is 0 Å². The van der Waals surface area contributed by atoms with Crippen molar-refractivity contribution < 1.29 is 41.7 Å². The topological polar surface area (TPSA) is 0 Å². The molecule has 0 fully saturated rings. The van der Waals surface area contributed by atoms with E-state index in [2.05, 4.69) is 24.3 Å². The van der Waals surface area contributed by atoms with Crippen molar-refractivity contribution in [2.75, 3.05) is 0 Å². The van der Waals surface area contributed by atoms with E-state index in [1.807, 2.05) is 24.3 Å². The number of hydrogen-bond acceptors (Lipinski definition) is 0. The molecule has 0 nitrogen and oxygen atoms in total. The maximum atomic E-state index is 6.07. The summed E-state index contributed by atoms with van der Waals surface area (Å²) in [6.45, 7) is 6.07. The smallest absolute Gasteiger partial charge is 0 e. The molecule has 1 aliphatic carbocycles. The molecular formula is C14H9Ce-. The van der Waals surface area contributed by atoms with Gasteiger partial charge in [-0.2, -0.15) is 5.57 Å². The monoisotopic (exact) mass is 317 g/mol. The number of fused-ring (bicyclic) bond motifs is 3. The van der Waals surface area contributed by atoms with Crippen LogP contribution in [0, 0.1) is 48.3 Å². The van der Waals surface area contributed by atoms with Gasteiger partial charge in [-0.25, -0.2) is 6.58 Å². The SMILES string of the molecule is [CH-]=C1c2ccccc2-c2ccccc21.[Ce]. The van der Waals surface area contributed by atoms with Crippen molar-refractivity contribution in [2.45, 2.75) is 0 Å². The van der Waals surface area contributed by atoms with Crippen molar-refractivity contribution in [3.05, 3.63) is 66.2 Å². The van der Waals surface area contributed by atoms with Crippen LogP contribution in [0.4, 0.5) is 0 Å². The fourth-order valence-corrected chi connectivity index (χ4v) is 2.05. The van der Waals surface area contributed by atoms with Crippen LogP contribution >= 0.6 is 0 Å². The molecule has 2 aromatic rings. The van der Waals surface area contributed by atoms with Crippen LogP contribution < -0.4 is 0 Å². The molecular weight excluding hydrogens is 308 g/mol. The molecule has 15 heavy (non-hydrogen) atoms. The van der Waals surface area contributed by atoms with Crippen molar-refractivity contribution in [1.29, 1.82) is 0 Å². The van der Waals surface area contributed by atoms with Crippen molar-refractivity contribution in [3.8, 4) is 11.1 Å². The third-order valence-corrected chi connectivity index (χ3v) is 2.72. The van der Waals surface area contributed by atoms with Gasteiger partial charge in [-0.3, -0.25) is 0 Å². The predicted molar refractivity (Wildman–Crippen MR) is 58.7 cm³/mol. The Kier molecular flexibility index (Phi) is 3.10. The van der Waals surface area contributed by atoms with Gasteiger partial charge >= 0.3 is 0 Å². The predicted octanol–water partition coefficient (Wildman–Crippen LogP) is 3.53. The first kappa shape index (κ1) is 11.1. The van der Waals surface area contributed by atoms with Crippen LogP contribution in [0.25, 0.3) is 16.7 Å². The Hall–Kier alpha value is -0.443. The van der Waals surface area contributed by atoms with Crippen molar-refractivity contribution in [1.82, 2.24) is 0 Å². The minimum atomic E-state index is 0. The molecule has 0 atom stereocenters. The quantitative estimate of drug-likeness (QED) is 0.557. The van der Waals surface area contributed by atoms with E-state index in [1.54, 1.807) is 0 Å². The van der Waals surface area contributed by atoms with Gasteiger partial charge in [-0.15, -0.1) is 23.3 Å². The zero-order chi connectivity index (χ0) is 9.54. The average molecular weight is 317 g/mol. The van der Waals surface area contributed by atoms with E-state index < -0.39 is 0 Å². The average Bonchev–Trinajstić information content (AvgIpc) is 2.55. The van der Waals surface area contributed by atoms with Crippen molar-refractivity contribution >= 4 is 5.57 Å². The molecule has 0 amide bonds. The summed E-state index contributed by atoms with van der Waals surface area (Å²) in [6, 6.07) is 16.5. The second-order valence-electron chi connectivity index (χ2n) is 3.50. The van der Waals surface area contributed by atoms with Crippen LogP contribution in [0.3, 0.4) is 0 Å². The summed E-state index contributed by atoms with van der Waals surface area (Å²) in [7, 11) is 0. The Labute approximate surface area is 123 Å². The van der Waals surface area contributed by atoms with Crippen LogP contribution in [0.1, 0.15) is 11.1 Å². The Bertz CT molecular complexity index is 479. The maximum Gasteiger partial charge on any atom is 0 e. The first-order chi connectivity index (χ1) is 6.88. The van der Waals surface area contributed by atoms with Crippen LogP contribution in [-0.4, -0.2) is 0 Å². The minimum absolute atomic E-state index is 0. The third-order valence-electron chi connectivity index (χ3n) is 2.72. The molecule has 1 heteroatoms. The first-order valence-electron chi connectivity index (χ1n) is 4.69. The zero-order valence-corrected chi connectivity index (χ0v) is 11.3. The fourth-order valence-electron chi connectivity index (χ4n) is 2.05. The van der Waals surface area contributed by atoms with E-state index in [1.165, 1.54) is 11.1 Å². The van der Waals surface area contributed by atoms with Gasteiger partial charge in [0, 0.05) is 41.7 Å². The molecule has 0 saturated carbocycles. The summed E-state index contributed by atoms with van der Waals surface area (Å²) in [6.07, 6.45) is 0. The number of hydrogen-bond donors (Lipinski definition) is 0. The molecule has 0 heterocycles. The number of benzene rings is 2. The standard InChI is InChI=1S/C14H9.Ce/c1-10-11-6-2-4-8-13(11)14-9-5-3-7-12(10)14;/h1-9H;/q-1;. The molecule has 70 valence electrons. The Morgan fingerprint density at radius 3 is 1.33 bits per heavy atom. The van der Waals surface area contributed by atoms with Crippen molar-refractivity contribution in [3.63, 3.8) is 0 Å². The van der Waals surface area contributed by atoms with Crippen LogP contribution in [0.15, 0.2) is 48.5 Å². The summed E-state index contributed by atoms with van der Waals surface area (Å²) in [5.74, 6) is 0. The molecule has 0 spiro atoms. The molecule has 2 aromatic carbocycles. The van der Waals surface area contributed by atoms with Gasteiger partial charge in [-0.1, -0.05) is 47.5 Å². The van der Waals surface area contributed by atoms with E-state index in [0.717, 1.165) is 16.7 Å². The summed E-state index contributed by atoms with van der Waals surface area (Å²) in [4.78, 5) is 0. The van der Waals surface area contributed by atoms with Gasteiger partial charge in [0.2, 0.25) is 0 Å². The molecule has 0 aromatic heterocycles. The van der Waals surface area contributed by atoms with E-state index in [0.29, 0.717) is 0 Å². The Morgan fingerprint density at radius 2 is 0.933 bits per heavy atom. The van der Waals surface area contributed by atoms with E-state index in [-0.39, 0.29) is 41.7 Å². The van der Waals surface area contributed by atoms with Gasteiger partial charge < -0.3 is 0 Å². The molecule has 0 radical (unpaired) electrons. The van der Waals surface area contributed by atoms with E-state index in [4.69, 9.17) is 6.58 Å². The molecule has 0 aliphatic heterocycles. The van der Waals surface area contributed by atoms with Gasteiger partial charge in [-0.05, 0) is 0 Å². The van der Waals surface area contributed by atoms with Gasteiger partial charge in [0.25, 0.3) is 0 Å². The summed E-state index contributed by atoms with van der Waals surface area (Å²) < 4.78 is 0. The third kappa shape index (κ3) is 1.61. The number of rotatable bonds is 0.